The van der Waals surface area contributed by atoms with Gasteiger partial charge in [0, 0.05) is 25.7 Å². The summed E-state index contributed by atoms with van der Waals surface area (Å²) in [5, 5.41) is 4.96. The van der Waals surface area contributed by atoms with Gasteiger partial charge in [0.2, 0.25) is 5.91 Å². The van der Waals surface area contributed by atoms with Gasteiger partial charge in [0.1, 0.15) is 0 Å². The van der Waals surface area contributed by atoms with Crippen LogP contribution in [0.1, 0.15) is 25.3 Å². The van der Waals surface area contributed by atoms with E-state index < -0.39 is 10.2 Å². The van der Waals surface area contributed by atoms with Gasteiger partial charge in [-0.25, -0.2) is 9.86 Å². The number of rotatable bonds is 8. The number of carbonyl (C=O) groups is 1. The molecule has 150 valence electrons. The molecule has 1 atom stereocenters. The van der Waals surface area contributed by atoms with E-state index in [-0.39, 0.29) is 18.4 Å². The van der Waals surface area contributed by atoms with Gasteiger partial charge < -0.3 is 14.4 Å². The van der Waals surface area contributed by atoms with Crippen LogP contribution in [0.2, 0.25) is 0 Å². The van der Waals surface area contributed by atoms with Crippen molar-refractivity contribution in [1.29, 1.82) is 0 Å². The van der Waals surface area contributed by atoms with Gasteiger partial charge in [-0.2, -0.15) is 8.42 Å². The molecule has 1 saturated heterocycles. The molecule has 0 bridgehead atoms. The fourth-order valence-electron chi connectivity index (χ4n) is 3.00. The summed E-state index contributed by atoms with van der Waals surface area (Å²) < 4.78 is 35.1. The molecule has 1 amide bonds. The number of ether oxygens (including phenoxy) is 2. The first-order chi connectivity index (χ1) is 12.8. The lowest BCUT2D eigenvalue weighted by atomic mass is 9.98. The van der Waals surface area contributed by atoms with Gasteiger partial charge in [-0.3, -0.25) is 4.79 Å². The van der Waals surface area contributed by atoms with E-state index in [0.29, 0.717) is 31.2 Å². The average Bonchev–Trinajstić information content (AvgIpc) is 2.64. The van der Waals surface area contributed by atoms with E-state index in [4.69, 9.17) is 14.6 Å². The van der Waals surface area contributed by atoms with Gasteiger partial charge in [-0.15, -0.1) is 0 Å². The number of nitrogens with zero attached hydrogens (tertiary/aromatic N) is 1. The van der Waals surface area contributed by atoms with Crippen LogP contribution in [0.4, 0.5) is 0 Å². The summed E-state index contributed by atoms with van der Waals surface area (Å²) in [5.74, 6) is 1.22. The van der Waals surface area contributed by atoms with E-state index in [0.717, 1.165) is 18.4 Å². The van der Waals surface area contributed by atoms with Gasteiger partial charge in [0.05, 0.1) is 13.7 Å². The third kappa shape index (κ3) is 6.85. The number of methoxy groups -OCH3 is 1. The van der Waals surface area contributed by atoms with E-state index >= 15 is 0 Å². The number of nitrogens with two attached hydrogens (primary N) is 1. The Hall–Kier alpha value is -2.10. The van der Waals surface area contributed by atoms with Crippen molar-refractivity contribution < 1.29 is 22.7 Å². The summed E-state index contributed by atoms with van der Waals surface area (Å²) in [6.07, 6.45) is 4.93. The molecule has 8 nitrogen and oxygen atoms in total. The Morgan fingerprint density at radius 3 is 2.85 bits per heavy atom. The number of hydrogen-bond donors (Lipinski definition) is 2. The highest BCUT2D eigenvalue weighted by Crippen LogP contribution is 2.28. The van der Waals surface area contributed by atoms with Crippen LogP contribution in [-0.4, -0.2) is 52.6 Å². The van der Waals surface area contributed by atoms with Gasteiger partial charge in [0.15, 0.2) is 11.5 Å². The Kier molecular flexibility index (Phi) is 7.64. The van der Waals surface area contributed by atoms with Crippen LogP contribution in [0.25, 0.3) is 6.08 Å². The monoisotopic (exact) mass is 397 g/mol. The zero-order valence-corrected chi connectivity index (χ0v) is 16.5. The molecule has 9 heteroatoms. The molecule has 1 aromatic carbocycles. The van der Waals surface area contributed by atoms with Crippen LogP contribution in [0.3, 0.4) is 0 Å². The minimum Gasteiger partial charge on any atom is -0.493 e. The summed E-state index contributed by atoms with van der Waals surface area (Å²) in [4.78, 5) is 14.2. The molecule has 1 aromatic rings. The number of amides is 1. The summed E-state index contributed by atoms with van der Waals surface area (Å²) in [6.45, 7) is 3.80. The number of likely N-dealkylation sites (tertiary alicyclic amines) is 1. The highest BCUT2D eigenvalue weighted by molar-refractivity contribution is 7.87. The van der Waals surface area contributed by atoms with Crippen molar-refractivity contribution >= 4 is 22.2 Å². The fourth-order valence-corrected chi connectivity index (χ4v) is 3.47. The molecule has 1 fully saturated rings. The third-order valence-corrected chi connectivity index (χ3v) is 4.88. The predicted octanol–water partition coefficient (Wildman–Crippen LogP) is 1.14. The Balaban J connectivity index is 1.98. The Morgan fingerprint density at radius 2 is 2.19 bits per heavy atom. The van der Waals surface area contributed by atoms with E-state index in [9.17, 15) is 13.2 Å². The van der Waals surface area contributed by atoms with Crippen LogP contribution in [-0.2, 0) is 15.0 Å². The summed E-state index contributed by atoms with van der Waals surface area (Å²) >= 11 is 0. The second-order valence-electron chi connectivity index (χ2n) is 6.36. The first-order valence-corrected chi connectivity index (χ1v) is 10.4. The van der Waals surface area contributed by atoms with Crippen molar-refractivity contribution in [2.24, 2.45) is 11.1 Å². The third-order valence-electron chi connectivity index (χ3n) is 4.31. The van der Waals surface area contributed by atoms with Gasteiger partial charge in [-0.1, -0.05) is 6.07 Å². The van der Waals surface area contributed by atoms with Crippen LogP contribution in [0.5, 0.6) is 11.5 Å². The molecule has 0 radical (unpaired) electrons. The molecule has 1 aliphatic heterocycles. The van der Waals surface area contributed by atoms with Crippen LogP contribution >= 0.6 is 0 Å². The van der Waals surface area contributed by atoms with Crippen molar-refractivity contribution in [3.05, 3.63) is 29.8 Å². The second kappa shape index (κ2) is 9.72. The molecule has 1 unspecified atom stereocenters. The minimum atomic E-state index is -3.71. The van der Waals surface area contributed by atoms with Gasteiger partial charge in [0.25, 0.3) is 10.2 Å². The maximum absolute atomic E-state index is 12.5. The zero-order chi connectivity index (χ0) is 19.9. The summed E-state index contributed by atoms with van der Waals surface area (Å²) in [5.41, 5.74) is 0.831. The summed E-state index contributed by atoms with van der Waals surface area (Å²) in [6, 6.07) is 5.46. The van der Waals surface area contributed by atoms with Crippen molar-refractivity contribution in [3.63, 3.8) is 0 Å². The second-order valence-corrected chi connectivity index (χ2v) is 7.74. The minimum absolute atomic E-state index is 0.0555. The normalized spacial score (nSPS) is 17.9. The molecular formula is C18H27N3O5S. The molecule has 0 spiro atoms. The van der Waals surface area contributed by atoms with Crippen LogP contribution < -0.4 is 19.3 Å². The zero-order valence-electron chi connectivity index (χ0n) is 15.7. The van der Waals surface area contributed by atoms with E-state index in [1.807, 2.05) is 19.1 Å². The maximum atomic E-state index is 12.5. The number of nitrogens with one attached hydrogen (secondary N) is 1. The topological polar surface area (TPSA) is 111 Å². The van der Waals surface area contributed by atoms with Crippen molar-refractivity contribution in [3.8, 4) is 11.5 Å². The molecule has 3 N–H and O–H groups in total. The lowest BCUT2D eigenvalue weighted by Crippen LogP contribution is -2.44. The molecule has 0 aliphatic carbocycles. The van der Waals surface area contributed by atoms with Gasteiger partial charge in [-0.05, 0) is 49.5 Å². The number of benzene rings is 1. The molecule has 1 aliphatic rings. The highest BCUT2D eigenvalue weighted by Gasteiger charge is 2.23. The average molecular weight is 397 g/mol. The SMILES string of the molecule is CCOc1cc(C=CC(=O)N2CCCC(CNS(N)(=O)=O)C2)ccc1OC. The lowest BCUT2D eigenvalue weighted by molar-refractivity contribution is -0.127. The van der Waals surface area contributed by atoms with E-state index in [1.165, 1.54) is 6.08 Å². The summed E-state index contributed by atoms with van der Waals surface area (Å²) in [7, 11) is -2.13. The number of carbonyl (C=O) groups excluding carboxylic acids is 1. The number of piperidine rings is 1. The Morgan fingerprint density at radius 1 is 1.41 bits per heavy atom. The van der Waals surface area contributed by atoms with Crippen LogP contribution in [0, 0.1) is 5.92 Å². The molecule has 1 heterocycles. The maximum Gasteiger partial charge on any atom is 0.274 e. The molecule has 2 rings (SSSR count). The van der Waals surface area contributed by atoms with E-state index in [1.54, 1.807) is 24.2 Å². The molecule has 0 aromatic heterocycles. The highest BCUT2D eigenvalue weighted by atomic mass is 32.2. The quantitative estimate of drug-likeness (QED) is 0.639. The molecule has 0 saturated carbocycles. The first-order valence-electron chi connectivity index (χ1n) is 8.87. The molecule has 27 heavy (non-hydrogen) atoms. The van der Waals surface area contributed by atoms with Crippen molar-refractivity contribution in [2.75, 3.05) is 33.4 Å². The number of hydrogen-bond acceptors (Lipinski definition) is 5. The van der Waals surface area contributed by atoms with Crippen molar-refractivity contribution in [2.45, 2.75) is 19.8 Å². The first kappa shape index (κ1) is 21.2. The lowest BCUT2D eigenvalue weighted by Gasteiger charge is -2.32. The largest absolute Gasteiger partial charge is 0.493 e. The predicted molar refractivity (Wildman–Crippen MR) is 104 cm³/mol. The Bertz CT molecular complexity index is 779. The molecular weight excluding hydrogens is 370 g/mol. The van der Waals surface area contributed by atoms with Gasteiger partial charge >= 0.3 is 0 Å². The van der Waals surface area contributed by atoms with E-state index in [2.05, 4.69) is 4.72 Å². The smallest absolute Gasteiger partial charge is 0.274 e. The van der Waals surface area contributed by atoms with Crippen molar-refractivity contribution in [1.82, 2.24) is 9.62 Å². The fraction of sp³-hybridized carbons (Fsp3) is 0.500. The standard InChI is InChI=1S/C18H27N3O5S/c1-3-26-17-11-14(6-8-16(17)25-2)7-9-18(22)21-10-4-5-15(13-21)12-20-27(19,23)24/h6-9,11,15,20H,3-5,10,12-13H2,1-2H3,(H2,19,23,24). The van der Waals surface area contributed by atoms with Crippen LogP contribution in [0.15, 0.2) is 24.3 Å². The Labute approximate surface area is 160 Å².